The van der Waals surface area contributed by atoms with Crippen LogP contribution in [0.4, 0.5) is 0 Å². The minimum Gasteiger partial charge on any atom is -0.328 e. The van der Waals surface area contributed by atoms with Crippen LogP contribution in [0.2, 0.25) is 0 Å². The molecule has 4 unspecified atom stereocenters. The maximum absolute atomic E-state index is 6.11. The van der Waals surface area contributed by atoms with Crippen molar-refractivity contribution < 1.29 is 0 Å². The zero-order chi connectivity index (χ0) is 13.1. The first-order chi connectivity index (χ1) is 7.83. The minimum absolute atomic E-state index is 0.351. The average Bonchev–Trinajstić information content (AvgIpc) is 2.21. The van der Waals surface area contributed by atoms with E-state index in [4.69, 9.17) is 11.5 Å². The van der Waals surface area contributed by atoms with E-state index in [9.17, 15) is 0 Å². The largest absolute Gasteiger partial charge is 0.328 e. The second-order valence-electron chi connectivity index (χ2n) is 7.01. The van der Waals surface area contributed by atoms with Crippen LogP contribution in [-0.2, 0) is 0 Å². The summed E-state index contributed by atoms with van der Waals surface area (Å²) in [6, 6.07) is 0.788. The van der Waals surface area contributed by atoms with Gasteiger partial charge in [-0.2, -0.15) is 0 Å². The average molecular weight is 240 g/mol. The summed E-state index contributed by atoms with van der Waals surface area (Å²) in [5, 5.41) is 0. The van der Waals surface area contributed by atoms with E-state index in [0.29, 0.717) is 23.4 Å². The summed E-state index contributed by atoms with van der Waals surface area (Å²) in [7, 11) is 0. The van der Waals surface area contributed by atoms with Gasteiger partial charge in [-0.1, -0.05) is 27.2 Å². The highest BCUT2D eigenvalue weighted by atomic mass is 14.7. The van der Waals surface area contributed by atoms with Gasteiger partial charge in [0, 0.05) is 12.1 Å². The predicted octanol–water partition coefficient (Wildman–Crippen LogP) is 3.29. The van der Waals surface area contributed by atoms with Gasteiger partial charge in [-0.3, -0.25) is 0 Å². The number of hydrogen-bond donors (Lipinski definition) is 2. The van der Waals surface area contributed by atoms with Crippen molar-refractivity contribution in [2.75, 3.05) is 0 Å². The zero-order valence-electron chi connectivity index (χ0n) is 12.2. The normalized spacial score (nSPS) is 32.5. The molecule has 17 heavy (non-hydrogen) atoms. The fourth-order valence-electron chi connectivity index (χ4n) is 3.21. The Balaban J connectivity index is 2.41. The molecule has 1 fully saturated rings. The quantitative estimate of drug-likeness (QED) is 0.774. The fraction of sp³-hybridized carbons (Fsp3) is 1.00. The van der Waals surface area contributed by atoms with Crippen LogP contribution < -0.4 is 11.5 Å². The maximum atomic E-state index is 6.11. The van der Waals surface area contributed by atoms with E-state index >= 15 is 0 Å². The third-order valence-electron chi connectivity index (χ3n) is 4.82. The van der Waals surface area contributed by atoms with E-state index in [-0.39, 0.29) is 0 Å². The molecule has 0 amide bonds. The van der Waals surface area contributed by atoms with Crippen LogP contribution in [-0.4, -0.2) is 12.1 Å². The molecular weight excluding hydrogens is 208 g/mol. The lowest BCUT2D eigenvalue weighted by molar-refractivity contribution is 0.107. The molecule has 1 rings (SSSR count). The van der Waals surface area contributed by atoms with E-state index in [2.05, 4.69) is 27.7 Å². The number of nitrogens with two attached hydrogens (primary N) is 2. The monoisotopic (exact) mass is 240 g/mol. The Morgan fingerprint density at radius 2 is 1.94 bits per heavy atom. The molecule has 1 aliphatic carbocycles. The molecule has 0 aromatic rings. The van der Waals surface area contributed by atoms with Crippen molar-refractivity contribution in [2.24, 2.45) is 28.7 Å². The first kappa shape index (κ1) is 15.0. The Morgan fingerprint density at radius 1 is 1.29 bits per heavy atom. The van der Waals surface area contributed by atoms with E-state index in [1.165, 1.54) is 32.1 Å². The van der Waals surface area contributed by atoms with E-state index in [1.54, 1.807) is 0 Å². The Kier molecular flexibility index (Phi) is 5.46. The Morgan fingerprint density at radius 3 is 2.47 bits per heavy atom. The minimum atomic E-state index is 0.351. The molecule has 0 aromatic carbocycles. The molecule has 0 radical (unpaired) electrons. The van der Waals surface area contributed by atoms with E-state index < -0.39 is 0 Å². The first-order valence-corrected chi connectivity index (χ1v) is 7.34. The molecule has 102 valence electrons. The predicted molar refractivity (Wildman–Crippen MR) is 75.8 cm³/mol. The molecule has 2 nitrogen and oxygen atoms in total. The zero-order valence-corrected chi connectivity index (χ0v) is 12.2. The summed E-state index contributed by atoms with van der Waals surface area (Å²) in [5.41, 5.74) is 12.4. The van der Waals surface area contributed by atoms with Crippen molar-refractivity contribution >= 4 is 0 Å². The van der Waals surface area contributed by atoms with Gasteiger partial charge in [0.15, 0.2) is 0 Å². The molecule has 0 aromatic heterocycles. The highest BCUT2D eigenvalue weighted by molar-refractivity contribution is 4.87. The van der Waals surface area contributed by atoms with Gasteiger partial charge >= 0.3 is 0 Å². The molecule has 1 aliphatic rings. The highest BCUT2D eigenvalue weighted by Gasteiger charge is 2.34. The topological polar surface area (TPSA) is 52.0 Å². The van der Waals surface area contributed by atoms with Crippen LogP contribution in [0, 0.1) is 17.3 Å². The van der Waals surface area contributed by atoms with Crippen molar-refractivity contribution in [2.45, 2.75) is 78.3 Å². The molecular formula is C15H32N2. The lowest BCUT2D eigenvalue weighted by Gasteiger charge is -2.41. The van der Waals surface area contributed by atoms with Crippen LogP contribution in [0.25, 0.3) is 0 Å². The molecule has 0 bridgehead atoms. The fourth-order valence-corrected chi connectivity index (χ4v) is 3.21. The maximum Gasteiger partial charge on any atom is 0.00647 e. The number of hydrogen-bond acceptors (Lipinski definition) is 2. The van der Waals surface area contributed by atoms with Crippen molar-refractivity contribution in [3.05, 3.63) is 0 Å². The van der Waals surface area contributed by atoms with Crippen molar-refractivity contribution in [1.82, 2.24) is 0 Å². The van der Waals surface area contributed by atoms with Crippen molar-refractivity contribution in [3.63, 3.8) is 0 Å². The van der Waals surface area contributed by atoms with Gasteiger partial charge in [0.25, 0.3) is 0 Å². The summed E-state index contributed by atoms with van der Waals surface area (Å²) < 4.78 is 0. The SMILES string of the molecule is CC(N)CCCC(C)(C)C1CCC(N)C(C)C1. The first-order valence-electron chi connectivity index (χ1n) is 7.34. The van der Waals surface area contributed by atoms with Crippen LogP contribution in [0.1, 0.15) is 66.2 Å². The lowest BCUT2D eigenvalue weighted by atomic mass is 9.65. The van der Waals surface area contributed by atoms with Gasteiger partial charge in [-0.05, 0) is 56.3 Å². The van der Waals surface area contributed by atoms with E-state index in [1.807, 2.05) is 0 Å². The third kappa shape index (κ3) is 4.59. The summed E-state index contributed by atoms with van der Waals surface area (Å²) in [5.74, 6) is 1.55. The third-order valence-corrected chi connectivity index (χ3v) is 4.82. The van der Waals surface area contributed by atoms with Gasteiger partial charge in [-0.15, -0.1) is 0 Å². The second kappa shape index (κ2) is 6.19. The van der Waals surface area contributed by atoms with Crippen LogP contribution in [0.5, 0.6) is 0 Å². The molecule has 0 heterocycles. The Labute approximate surface area is 108 Å². The molecule has 4 N–H and O–H groups in total. The van der Waals surface area contributed by atoms with Crippen molar-refractivity contribution in [1.29, 1.82) is 0 Å². The molecule has 0 saturated heterocycles. The summed E-state index contributed by atoms with van der Waals surface area (Å²) in [6.45, 7) is 9.29. The second-order valence-corrected chi connectivity index (χ2v) is 7.01. The van der Waals surface area contributed by atoms with Crippen LogP contribution in [0.3, 0.4) is 0 Å². The highest BCUT2D eigenvalue weighted by Crippen LogP contribution is 2.43. The Hall–Kier alpha value is -0.0800. The van der Waals surface area contributed by atoms with Gasteiger partial charge in [-0.25, -0.2) is 0 Å². The molecule has 4 atom stereocenters. The van der Waals surface area contributed by atoms with Gasteiger partial charge in [0.05, 0.1) is 0 Å². The standard InChI is InChI=1S/C15H32N2/c1-11-10-13(7-8-14(11)17)15(3,4)9-5-6-12(2)16/h11-14H,5-10,16-17H2,1-4H3. The number of rotatable bonds is 5. The molecule has 2 heteroatoms. The van der Waals surface area contributed by atoms with Crippen LogP contribution >= 0.6 is 0 Å². The summed E-state index contributed by atoms with van der Waals surface area (Å²) in [6.07, 6.45) is 7.57. The summed E-state index contributed by atoms with van der Waals surface area (Å²) >= 11 is 0. The van der Waals surface area contributed by atoms with Gasteiger partial charge in [0.2, 0.25) is 0 Å². The Bertz CT molecular complexity index is 223. The smallest absolute Gasteiger partial charge is 0.00647 e. The summed E-state index contributed by atoms with van der Waals surface area (Å²) in [4.78, 5) is 0. The molecule has 0 spiro atoms. The van der Waals surface area contributed by atoms with E-state index in [0.717, 1.165) is 12.3 Å². The van der Waals surface area contributed by atoms with Crippen LogP contribution in [0.15, 0.2) is 0 Å². The molecule has 1 saturated carbocycles. The van der Waals surface area contributed by atoms with Gasteiger partial charge in [0.1, 0.15) is 0 Å². The van der Waals surface area contributed by atoms with Gasteiger partial charge < -0.3 is 11.5 Å². The van der Waals surface area contributed by atoms with Crippen molar-refractivity contribution in [3.8, 4) is 0 Å². The molecule has 0 aliphatic heterocycles. The lowest BCUT2D eigenvalue weighted by Crippen LogP contribution is -2.39.